The summed E-state index contributed by atoms with van der Waals surface area (Å²) in [6, 6.07) is 9.83. The van der Waals surface area contributed by atoms with Gasteiger partial charge >= 0.3 is 0 Å². The van der Waals surface area contributed by atoms with Crippen molar-refractivity contribution in [3.63, 3.8) is 0 Å². The Morgan fingerprint density at radius 3 is 2.96 bits per heavy atom. The number of nitrogens with zero attached hydrogens (tertiary/aromatic N) is 3. The first-order valence-electron chi connectivity index (χ1n) is 9.10. The van der Waals surface area contributed by atoms with E-state index in [1.807, 2.05) is 48.0 Å². The minimum atomic E-state index is 0.119. The van der Waals surface area contributed by atoms with Crippen LogP contribution in [0.3, 0.4) is 0 Å². The van der Waals surface area contributed by atoms with Crippen molar-refractivity contribution < 1.29 is 4.74 Å². The lowest BCUT2D eigenvalue weighted by Crippen LogP contribution is -2.38. The fourth-order valence-electron chi connectivity index (χ4n) is 3.43. The van der Waals surface area contributed by atoms with E-state index >= 15 is 0 Å². The van der Waals surface area contributed by atoms with E-state index < -0.39 is 0 Å². The Kier molecular flexibility index (Phi) is 4.83. The molecule has 1 N–H and O–H groups in total. The molecule has 6 heteroatoms. The van der Waals surface area contributed by atoms with Gasteiger partial charge < -0.3 is 10.1 Å². The van der Waals surface area contributed by atoms with Gasteiger partial charge in [0.15, 0.2) is 5.65 Å². The van der Waals surface area contributed by atoms with Crippen molar-refractivity contribution >= 4 is 17.2 Å². The highest BCUT2D eigenvalue weighted by Gasteiger charge is 2.22. The van der Waals surface area contributed by atoms with Crippen molar-refractivity contribution in [3.05, 3.63) is 47.1 Å². The van der Waals surface area contributed by atoms with Crippen LogP contribution < -0.4 is 10.1 Å². The summed E-state index contributed by atoms with van der Waals surface area (Å²) in [6.45, 7) is 6.22. The Balaban J connectivity index is 1.62. The number of benzene rings is 1. The third-order valence-corrected chi connectivity index (χ3v) is 5.52. The summed E-state index contributed by atoms with van der Waals surface area (Å²) >= 11 is 6.29. The van der Waals surface area contributed by atoms with E-state index in [1.165, 1.54) is 12.8 Å². The highest BCUT2D eigenvalue weighted by atomic mass is 35.5. The molecule has 4 rings (SSSR count). The summed E-state index contributed by atoms with van der Waals surface area (Å²) < 4.78 is 7.96. The van der Waals surface area contributed by atoms with Gasteiger partial charge in [0.1, 0.15) is 6.10 Å². The average Bonchev–Trinajstić information content (AvgIpc) is 3.08. The number of ether oxygens (including phenoxy) is 1. The topological polar surface area (TPSA) is 51.5 Å². The number of halogens is 1. The first kappa shape index (κ1) is 17.3. The maximum absolute atomic E-state index is 6.29. The molecule has 0 saturated carbocycles. The van der Waals surface area contributed by atoms with Gasteiger partial charge in [-0.25, -0.2) is 9.50 Å². The predicted octanol–water partition coefficient (Wildman–Crippen LogP) is 4.13. The van der Waals surface area contributed by atoms with Crippen LogP contribution in [0.15, 0.2) is 36.5 Å². The molecule has 1 saturated heterocycles. The molecule has 0 bridgehead atoms. The molecular formula is C20H23ClN4O. The lowest BCUT2D eigenvalue weighted by molar-refractivity contribution is 0.124. The summed E-state index contributed by atoms with van der Waals surface area (Å²) in [5.41, 5.74) is 3.73. The number of aromatic nitrogens is 3. The second-order valence-electron chi connectivity index (χ2n) is 6.98. The largest absolute Gasteiger partial charge is 0.473 e. The number of imidazole rings is 1. The standard InChI is InChI=1S/C20H23ClN4O/c1-13-5-6-15(10-17(13)21)18-12-23-19-7-8-20(24-25(18)19)26-14(2)16-4-3-9-22-11-16/h5-8,10,12,14,16,22H,3-4,9,11H2,1-2H3. The SMILES string of the molecule is Cc1ccc(-c2cnc3ccc(OC(C)C4CCCNC4)nn23)cc1Cl. The third kappa shape index (κ3) is 3.41. The molecule has 3 aromatic rings. The zero-order valence-electron chi connectivity index (χ0n) is 15.1. The molecule has 0 spiro atoms. The van der Waals surface area contributed by atoms with Crippen molar-refractivity contribution in [2.45, 2.75) is 32.8 Å². The molecule has 1 aliphatic heterocycles. The van der Waals surface area contributed by atoms with Crippen LogP contribution in [0.4, 0.5) is 0 Å². The molecule has 3 heterocycles. The quantitative estimate of drug-likeness (QED) is 0.750. The number of hydrogen-bond donors (Lipinski definition) is 1. The molecule has 136 valence electrons. The second-order valence-corrected chi connectivity index (χ2v) is 7.39. The maximum Gasteiger partial charge on any atom is 0.232 e. The van der Waals surface area contributed by atoms with E-state index in [-0.39, 0.29) is 6.10 Å². The van der Waals surface area contributed by atoms with Crippen molar-refractivity contribution in [3.8, 4) is 17.1 Å². The van der Waals surface area contributed by atoms with Gasteiger partial charge in [-0.15, -0.1) is 5.10 Å². The number of fused-ring (bicyclic) bond motifs is 1. The molecule has 5 nitrogen and oxygen atoms in total. The van der Waals surface area contributed by atoms with Gasteiger partial charge in [0.05, 0.1) is 11.9 Å². The zero-order chi connectivity index (χ0) is 18.1. The number of aryl methyl sites for hydroxylation is 1. The first-order chi connectivity index (χ1) is 12.6. The van der Waals surface area contributed by atoms with Gasteiger partial charge in [0.2, 0.25) is 5.88 Å². The summed E-state index contributed by atoms with van der Waals surface area (Å²) in [5.74, 6) is 1.13. The Bertz CT molecular complexity index is 917. The normalized spacial score (nSPS) is 18.8. The van der Waals surface area contributed by atoms with E-state index in [0.717, 1.165) is 40.6 Å². The smallest absolute Gasteiger partial charge is 0.232 e. The lowest BCUT2D eigenvalue weighted by Gasteiger charge is -2.28. The van der Waals surface area contributed by atoms with Crippen LogP contribution >= 0.6 is 11.6 Å². The molecule has 26 heavy (non-hydrogen) atoms. The molecular weight excluding hydrogens is 348 g/mol. The summed E-state index contributed by atoms with van der Waals surface area (Å²) in [7, 11) is 0. The van der Waals surface area contributed by atoms with Crippen LogP contribution in [0.1, 0.15) is 25.3 Å². The van der Waals surface area contributed by atoms with Crippen LogP contribution in [0, 0.1) is 12.8 Å². The second kappa shape index (κ2) is 7.25. The van der Waals surface area contributed by atoms with E-state index in [0.29, 0.717) is 11.8 Å². The molecule has 2 atom stereocenters. The van der Waals surface area contributed by atoms with Crippen LogP contribution in [-0.2, 0) is 0 Å². The fraction of sp³-hybridized carbons (Fsp3) is 0.400. The van der Waals surface area contributed by atoms with Crippen molar-refractivity contribution in [2.24, 2.45) is 5.92 Å². The molecule has 0 radical (unpaired) electrons. The zero-order valence-corrected chi connectivity index (χ0v) is 15.8. The molecule has 1 aliphatic rings. The van der Waals surface area contributed by atoms with Gasteiger partial charge in [-0.1, -0.05) is 23.7 Å². The van der Waals surface area contributed by atoms with Crippen LogP contribution in [-0.4, -0.2) is 33.8 Å². The Hall–Kier alpha value is -2.11. The van der Waals surface area contributed by atoms with Crippen molar-refractivity contribution in [1.82, 2.24) is 19.9 Å². The van der Waals surface area contributed by atoms with Gasteiger partial charge in [0, 0.05) is 29.1 Å². The third-order valence-electron chi connectivity index (χ3n) is 5.11. The van der Waals surface area contributed by atoms with E-state index in [2.05, 4.69) is 22.3 Å². The van der Waals surface area contributed by atoms with Gasteiger partial charge in [-0.05, 0) is 50.9 Å². The lowest BCUT2D eigenvalue weighted by atomic mass is 9.95. The summed E-state index contributed by atoms with van der Waals surface area (Å²) in [6.07, 6.45) is 4.33. The molecule has 1 fully saturated rings. The Morgan fingerprint density at radius 1 is 1.31 bits per heavy atom. The van der Waals surface area contributed by atoms with Crippen molar-refractivity contribution in [2.75, 3.05) is 13.1 Å². The molecule has 2 unspecified atom stereocenters. The summed E-state index contributed by atoms with van der Waals surface area (Å²) in [5, 5.41) is 8.85. The highest BCUT2D eigenvalue weighted by Crippen LogP contribution is 2.27. The fourth-order valence-corrected chi connectivity index (χ4v) is 3.62. The van der Waals surface area contributed by atoms with Crippen LogP contribution in [0.25, 0.3) is 16.9 Å². The number of piperidine rings is 1. The molecule has 1 aromatic carbocycles. The number of rotatable bonds is 4. The van der Waals surface area contributed by atoms with E-state index in [1.54, 1.807) is 0 Å². The maximum atomic E-state index is 6.29. The minimum absolute atomic E-state index is 0.119. The molecule has 0 aliphatic carbocycles. The number of hydrogen-bond acceptors (Lipinski definition) is 4. The number of nitrogens with one attached hydrogen (secondary N) is 1. The minimum Gasteiger partial charge on any atom is -0.473 e. The monoisotopic (exact) mass is 370 g/mol. The predicted molar refractivity (Wildman–Crippen MR) is 104 cm³/mol. The molecule has 0 amide bonds. The van der Waals surface area contributed by atoms with E-state index in [9.17, 15) is 0 Å². The first-order valence-corrected chi connectivity index (χ1v) is 9.48. The van der Waals surface area contributed by atoms with Crippen LogP contribution in [0.2, 0.25) is 5.02 Å². The Morgan fingerprint density at radius 2 is 2.19 bits per heavy atom. The van der Waals surface area contributed by atoms with Crippen molar-refractivity contribution in [1.29, 1.82) is 0 Å². The van der Waals surface area contributed by atoms with Crippen LogP contribution in [0.5, 0.6) is 5.88 Å². The van der Waals surface area contributed by atoms with E-state index in [4.69, 9.17) is 16.3 Å². The summed E-state index contributed by atoms with van der Waals surface area (Å²) in [4.78, 5) is 4.45. The van der Waals surface area contributed by atoms with Gasteiger partial charge in [-0.2, -0.15) is 0 Å². The molecule has 2 aromatic heterocycles. The Labute approximate surface area is 158 Å². The van der Waals surface area contributed by atoms with Gasteiger partial charge in [0.25, 0.3) is 0 Å². The highest BCUT2D eigenvalue weighted by molar-refractivity contribution is 6.31. The van der Waals surface area contributed by atoms with Gasteiger partial charge in [-0.3, -0.25) is 0 Å². The average molecular weight is 371 g/mol.